The maximum absolute atomic E-state index is 12.6. The molecule has 1 aromatic heterocycles. The van der Waals surface area contributed by atoms with Crippen LogP contribution in [0.4, 0.5) is 10.6 Å². The fraction of sp³-hybridized carbons (Fsp3) is 0.625. The molecule has 1 aliphatic carbocycles. The Hall–Kier alpha value is -2.58. The van der Waals surface area contributed by atoms with Gasteiger partial charge in [-0.1, -0.05) is 6.42 Å². The van der Waals surface area contributed by atoms with Gasteiger partial charge in [-0.05, 0) is 25.7 Å². The number of aryl methyl sites for hydroxylation is 1. The molecular formula is C16H22N4O5. The number of rotatable bonds is 4. The number of nitrogens with zero attached hydrogens (tertiary/aromatic N) is 3. The second kappa shape index (κ2) is 6.38. The number of esters is 1. The molecule has 2 heterocycles. The van der Waals surface area contributed by atoms with Crippen LogP contribution in [0.25, 0.3) is 0 Å². The lowest BCUT2D eigenvalue weighted by molar-refractivity contribution is -0.149. The predicted molar refractivity (Wildman–Crippen MR) is 87.2 cm³/mol. The summed E-state index contributed by atoms with van der Waals surface area (Å²) in [5.41, 5.74) is -0.671. The van der Waals surface area contributed by atoms with Crippen LogP contribution in [0.1, 0.15) is 36.5 Å². The first kappa shape index (κ1) is 17.2. The summed E-state index contributed by atoms with van der Waals surface area (Å²) in [5.74, 6) is -1.31. The summed E-state index contributed by atoms with van der Waals surface area (Å²) >= 11 is 0. The molecule has 9 heteroatoms. The van der Waals surface area contributed by atoms with Crippen LogP contribution in [0, 0.1) is 11.3 Å². The molecule has 3 rings (SSSR count). The van der Waals surface area contributed by atoms with Crippen molar-refractivity contribution in [2.45, 2.75) is 26.2 Å². The van der Waals surface area contributed by atoms with E-state index in [1.165, 1.54) is 15.8 Å². The maximum Gasteiger partial charge on any atom is 0.343 e. The van der Waals surface area contributed by atoms with E-state index in [-0.39, 0.29) is 30.5 Å². The minimum Gasteiger partial charge on any atom is -0.481 e. The summed E-state index contributed by atoms with van der Waals surface area (Å²) in [6.45, 7) is 2.50. The molecule has 1 aromatic rings. The SMILES string of the molecule is CCOC(=O)c1cn(C)nc1NC(=O)N1C[C@@H]2CCC[C@@]2(C(=O)O)C1. The summed E-state index contributed by atoms with van der Waals surface area (Å²) in [5, 5.41) is 16.3. The number of nitrogens with one attached hydrogen (secondary N) is 1. The molecule has 2 amide bonds. The highest BCUT2D eigenvalue weighted by atomic mass is 16.5. The Kier molecular flexibility index (Phi) is 4.40. The van der Waals surface area contributed by atoms with E-state index in [2.05, 4.69) is 10.4 Å². The number of hydrogen-bond acceptors (Lipinski definition) is 5. The van der Waals surface area contributed by atoms with Gasteiger partial charge in [0.05, 0.1) is 12.0 Å². The van der Waals surface area contributed by atoms with Gasteiger partial charge in [-0.3, -0.25) is 14.8 Å². The molecule has 0 aromatic carbocycles. The topological polar surface area (TPSA) is 114 Å². The summed E-state index contributed by atoms with van der Waals surface area (Å²) in [7, 11) is 1.64. The van der Waals surface area contributed by atoms with E-state index in [9.17, 15) is 19.5 Å². The number of urea groups is 1. The number of fused-ring (bicyclic) bond motifs is 1. The van der Waals surface area contributed by atoms with Crippen LogP contribution >= 0.6 is 0 Å². The number of amides is 2. The first-order valence-electron chi connectivity index (χ1n) is 8.37. The van der Waals surface area contributed by atoms with Crippen molar-refractivity contribution in [2.24, 2.45) is 18.4 Å². The molecule has 0 radical (unpaired) electrons. The zero-order valence-electron chi connectivity index (χ0n) is 14.3. The molecule has 25 heavy (non-hydrogen) atoms. The van der Waals surface area contributed by atoms with E-state index in [1.807, 2.05) is 0 Å². The van der Waals surface area contributed by atoms with Crippen LogP contribution in [0.15, 0.2) is 6.20 Å². The third kappa shape index (κ3) is 2.94. The third-order valence-electron chi connectivity index (χ3n) is 5.13. The Labute approximate surface area is 144 Å². The summed E-state index contributed by atoms with van der Waals surface area (Å²) in [4.78, 5) is 37.8. The van der Waals surface area contributed by atoms with Gasteiger partial charge in [0.1, 0.15) is 5.56 Å². The second-order valence-electron chi connectivity index (χ2n) is 6.65. The molecule has 2 aliphatic rings. The zero-order chi connectivity index (χ0) is 18.2. The first-order chi connectivity index (χ1) is 11.9. The van der Waals surface area contributed by atoms with E-state index in [4.69, 9.17) is 4.74 Å². The lowest BCUT2D eigenvalue weighted by atomic mass is 9.81. The van der Waals surface area contributed by atoms with Crippen molar-refractivity contribution in [3.05, 3.63) is 11.8 Å². The van der Waals surface area contributed by atoms with E-state index < -0.39 is 23.4 Å². The normalized spacial score (nSPS) is 24.9. The fourth-order valence-electron chi connectivity index (χ4n) is 3.91. The Bertz CT molecular complexity index is 715. The number of hydrogen-bond donors (Lipinski definition) is 2. The number of likely N-dealkylation sites (tertiary alicyclic amines) is 1. The van der Waals surface area contributed by atoms with Gasteiger partial charge in [0.2, 0.25) is 0 Å². The average molecular weight is 350 g/mol. The molecule has 9 nitrogen and oxygen atoms in total. The number of carboxylic acid groups (broad SMARTS) is 1. The second-order valence-corrected chi connectivity index (χ2v) is 6.65. The highest BCUT2D eigenvalue weighted by Gasteiger charge is 2.55. The van der Waals surface area contributed by atoms with Crippen molar-refractivity contribution in [1.82, 2.24) is 14.7 Å². The number of carboxylic acids is 1. The molecule has 1 saturated carbocycles. The lowest BCUT2D eigenvalue weighted by Crippen LogP contribution is -2.39. The predicted octanol–water partition coefficient (Wildman–Crippen LogP) is 1.32. The van der Waals surface area contributed by atoms with E-state index in [1.54, 1.807) is 14.0 Å². The van der Waals surface area contributed by atoms with Crippen molar-refractivity contribution in [3.63, 3.8) is 0 Å². The van der Waals surface area contributed by atoms with Gasteiger partial charge in [0.25, 0.3) is 0 Å². The van der Waals surface area contributed by atoms with Crippen LogP contribution in [0.3, 0.4) is 0 Å². The number of ether oxygens (including phenoxy) is 1. The summed E-state index contributed by atoms with van der Waals surface area (Å²) in [6, 6.07) is -0.445. The maximum atomic E-state index is 12.6. The van der Waals surface area contributed by atoms with Crippen molar-refractivity contribution >= 4 is 23.8 Å². The zero-order valence-corrected chi connectivity index (χ0v) is 14.3. The molecule has 2 atom stereocenters. The van der Waals surface area contributed by atoms with E-state index in [0.29, 0.717) is 13.0 Å². The van der Waals surface area contributed by atoms with Crippen LogP contribution in [0.5, 0.6) is 0 Å². The van der Waals surface area contributed by atoms with Gasteiger partial charge in [0, 0.05) is 26.3 Å². The highest BCUT2D eigenvalue weighted by Crippen LogP contribution is 2.48. The van der Waals surface area contributed by atoms with Gasteiger partial charge < -0.3 is 14.7 Å². The molecular weight excluding hydrogens is 328 g/mol. The molecule has 136 valence electrons. The largest absolute Gasteiger partial charge is 0.481 e. The Morgan fingerprint density at radius 3 is 2.88 bits per heavy atom. The Morgan fingerprint density at radius 2 is 2.24 bits per heavy atom. The number of anilines is 1. The molecule has 2 fully saturated rings. The quantitative estimate of drug-likeness (QED) is 0.792. The van der Waals surface area contributed by atoms with Crippen molar-refractivity contribution in [2.75, 3.05) is 25.0 Å². The van der Waals surface area contributed by atoms with Crippen molar-refractivity contribution in [1.29, 1.82) is 0 Å². The number of carbonyl (C=O) groups is 3. The Balaban J connectivity index is 1.74. The van der Waals surface area contributed by atoms with Gasteiger partial charge in [0.15, 0.2) is 5.82 Å². The van der Waals surface area contributed by atoms with Gasteiger partial charge >= 0.3 is 18.0 Å². The number of carbonyl (C=O) groups excluding carboxylic acids is 2. The third-order valence-corrected chi connectivity index (χ3v) is 5.13. The number of aliphatic carboxylic acids is 1. The van der Waals surface area contributed by atoms with E-state index in [0.717, 1.165) is 12.8 Å². The monoisotopic (exact) mass is 350 g/mol. The summed E-state index contributed by atoms with van der Waals surface area (Å²) in [6.07, 6.45) is 3.76. The summed E-state index contributed by atoms with van der Waals surface area (Å²) < 4.78 is 6.38. The fourth-order valence-corrected chi connectivity index (χ4v) is 3.91. The highest BCUT2D eigenvalue weighted by molar-refractivity contribution is 5.99. The molecule has 1 aliphatic heterocycles. The molecule has 0 spiro atoms. The standard InChI is InChI=1S/C16H22N4O5/c1-3-25-13(21)11-8-19(2)18-12(11)17-15(24)20-7-10-5-4-6-16(10,9-20)14(22)23/h8,10H,3-7,9H2,1-2H3,(H,22,23)(H,17,18,24)/t10-,16+/m0/s1. The molecule has 0 bridgehead atoms. The number of aromatic nitrogens is 2. The van der Waals surface area contributed by atoms with Crippen molar-refractivity contribution in [3.8, 4) is 0 Å². The minimum atomic E-state index is -0.842. The first-order valence-corrected chi connectivity index (χ1v) is 8.37. The lowest BCUT2D eigenvalue weighted by Gasteiger charge is -2.23. The molecule has 1 saturated heterocycles. The van der Waals surface area contributed by atoms with E-state index >= 15 is 0 Å². The minimum absolute atomic E-state index is 0.0241. The van der Waals surface area contributed by atoms with Crippen LogP contribution < -0.4 is 5.32 Å². The van der Waals surface area contributed by atoms with Crippen molar-refractivity contribution < 1.29 is 24.2 Å². The van der Waals surface area contributed by atoms with Gasteiger partial charge in [-0.15, -0.1) is 0 Å². The van der Waals surface area contributed by atoms with Crippen LogP contribution in [-0.4, -0.2) is 57.5 Å². The van der Waals surface area contributed by atoms with Gasteiger partial charge in [-0.25, -0.2) is 9.59 Å². The molecule has 0 unspecified atom stereocenters. The molecule has 2 N–H and O–H groups in total. The Morgan fingerprint density at radius 1 is 1.48 bits per heavy atom. The average Bonchev–Trinajstić information content (AvgIpc) is 3.19. The van der Waals surface area contributed by atoms with Crippen LogP contribution in [0.2, 0.25) is 0 Å². The van der Waals surface area contributed by atoms with Crippen LogP contribution in [-0.2, 0) is 16.6 Å². The smallest absolute Gasteiger partial charge is 0.343 e. The van der Waals surface area contributed by atoms with Gasteiger partial charge in [-0.2, -0.15) is 5.10 Å².